The number of rotatable bonds is 2. The maximum Gasteiger partial charge on any atom is 0.143 e. The van der Waals surface area contributed by atoms with Crippen molar-refractivity contribution in [1.29, 1.82) is 5.26 Å². The van der Waals surface area contributed by atoms with E-state index in [9.17, 15) is 4.39 Å². The molecule has 1 heterocycles. The lowest BCUT2D eigenvalue weighted by molar-refractivity contribution is 0.623. The fourth-order valence-corrected chi connectivity index (χ4v) is 2.90. The maximum atomic E-state index is 13.3. The Morgan fingerprint density at radius 2 is 2.38 bits per heavy atom. The van der Waals surface area contributed by atoms with Crippen molar-refractivity contribution in [1.82, 2.24) is 0 Å². The topological polar surface area (TPSA) is 35.8 Å². The lowest BCUT2D eigenvalue weighted by Crippen LogP contribution is -2.26. The normalized spacial score (nSPS) is 20.1. The lowest BCUT2D eigenvalue weighted by Gasteiger charge is -2.24. The summed E-state index contributed by atoms with van der Waals surface area (Å²) in [5, 5.41) is 12.2. The van der Waals surface area contributed by atoms with Crippen molar-refractivity contribution < 1.29 is 4.39 Å². The van der Waals surface area contributed by atoms with E-state index in [1.54, 1.807) is 12.1 Å². The van der Waals surface area contributed by atoms with Gasteiger partial charge in [0.1, 0.15) is 17.4 Å². The molecule has 84 valence electrons. The lowest BCUT2D eigenvalue weighted by atomic mass is 10.1. The summed E-state index contributed by atoms with van der Waals surface area (Å²) in [7, 11) is 0. The third-order valence-electron chi connectivity index (χ3n) is 2.65. The average molecular weight is 236 g/mol. The predicted molar refractivity (Wildman–Crippen MR) is 65.1 cm³/mol. The molecule has 0 aromatic heterocycles. The van der Waals surface area contributed by atoms with Gasteiger partial charge in [0.25, 0.3) is 0 Å². The summed E-state index contributed by atoms with van der Waals surface area (Å²) >= 11 is 1.90. The highest BCUT2D eigenvalue weighted by atomic mass is 32.2. The van der Waals surface area contributed by atoms with E-state index in [2.05, 4.69) is 5.32 Å². The van der Waals surface area contributed by atoms with Crippen LogP contribution in [0.2, 0.25) is 0 Å². The molecule has 1 unspecified atom stereocenters. The fourth-order valence-electron chi connectivity index (χ4n) is 1.83. The molecule has 1 saturated heterocycles. The van der Waals surface area contributed by atoms with Gasteiger partial charge in [-0.15, -0.1) is 0 Å². The van der Waals surface area contributed by atoms with Crippen molar-refractivity contribution in [2.75, 3.05) is 16.8 Å². The minimum Gasteiger partial charge on any atom is -0.380 e. The highest BCUT2D eigenvalue weighted by Crippen LogP contribution is 2.24. The number of anilines is 1. The first-order valence-electron chi connectivity index (χ1n) is 5.34. The van der Waals surface area contributed by atoms with Crippen molar-refractivity contribution in [3.63, 3.8) is 0 Å². The summed E-state index contributed by atoms with van der Waals surface area (Å²) in [6, 6.07) is 6.98. The van der Waals surface area contributed by atoms with E-state index in [1.807, 2.05) is 17.8 Å². The SMILES string of the molecule is N#Cc1c(F)cccc1NC1CCCSC1. The van der Waals surface area contributed by atoms with Crippen LogP contribution in [-0.2, 0) is 0 Å². The Balaban J connectivity index is 2.14. The Kier molecular flexibility index (Phi) is 3.68. The number of nitriles is 1. The van der Waals surface area contributed by atoms with Gasteiger partial charge in [-0.3, -0.25) is 0 Å². The highest BCUT2D eigenvalue weighted by Gasteiger charge is 2.16. The molecule has 0 saturated carbocycles. The summed E-state index contributed by atoms with van der Waals surface area (Å²) in [5.41, 5.74) is 0.744. The van der Waals surface area contributed by atoms with E-state index in [1.165, 1.54) is 18.2 Å². The zero-order valence-electron chi connectivity index (χ0n) is 8.87. The van der Waals surface area contributed by atoms with Gasteiger partial charge in [-0.05, 0) is 30.7 Å². The van der Waals surface area contributed by atoms with E-state index in [0.717, 1.165) is 12.2 Å². The molecule has 0 spiro atoms. The van der Waals surface area contributed by atoms with E-state index in [0.29, 0.717) is 11.7 Å². The van der Waals surface area contributed by atoms with Crippen molar-refractivity contribution in [3.8, 4) is 6.07 Å². The van der Waals surface area contributed by atoms with Crippen LogP contribution >= 0.6 is 11.8 Å². The minimum absolute atomic E-state index is 0.123. The van der Waals surface area contributed by atoms with Crippen LogP contribution in [0.4, 0.5) is 10.1 Å². The van der Waals surface area contributed by atoms with Gasteiger partial charge in [-0.2, -0.15) is 17.0 Å². The number of nitrogens with one attached hydrogen (secondary N) is 1. The van der Waals surface area contributed by atoms with Gasteiger partial charge in [0.2, 0.25) is 0 Å². The van der Waals surface area contributed by atoms with Crippen molar-refractivity contribution in [2.45, 2.75) is 18.9 Å². The molecule has 16 heavy (non-hydrogen) atoms. The van der Waals surface area contributed by atoms with Crippen LogP contribution in [0.3, 0.4) is 0 Å². The van der Waals surface area contributed by atoms with Gasteiger partial charge in [0, 0.05) is 11.8 Å². The molecule has 1 aromatic carbocycles. The van der Waals surface area contributed by atoms with Crippen LogP contribution in [0.5, 0.6) is 0 Å². The number of hydrogen-bond acceptors (Lipinski definition) is 3. The first-order chi connectivity index (χ1) is 7.81. The second-order valence-electron chi connectivity index (χ2n) is 3.83. The summed E-state index contributed by atoms with van der Waals surface area (Å²) in [5.74, 6) is 1.78. The van der Waals surface area contributed by atoms with Crippen molar-refractivity contribution >= 4 is 17.4 Å². The predicted octanol–water partition coefficient (Wildman–Crippen LogP) is 3.00. The third kappa shape index (κ3) is 2.48. The summed E-state index contributed by atoms with van der Waals surface area (Å²) in [4.78, 5) is 0. The summed E-state index contributed by atoms with van der Waals surface area (Å²) in [6.45, 7) is 0. The molecule has 1 aromatic rings. The highest BCUT2D eigenvalue weighted by molar-refractivity contribution is 7.99. The fraction of sp³-hybridized carbons (Fsp3) is 0.417. The Morgan fingerprint density at radius 1 is 1.50 bits per heavy atom. The minimum atomic E-state index is -0.448. The zero-order valence-corrected chi connectivity index (χ0v) is 9.69. The van der Waals surface area contributed by atoms with E-state index in [4.69, 9.17) is 5.26 Å². The van der Waals surface area contributed by atoms with Crippen LogP contribution in [0.1, 0.15) is 18.4 Å². The Labute approximate surface area is 98.8 Å². The second kappa shape index (κ2) is 5.22. The maximum absolute atomic E-state index is 13.3. The summed E-state index contributed by atoms with van der Waals surface area (Å²) in [6.07, 6.45) is 2.27. The van der Waals surface area contributed by atoms with E-state index in [-0.39, 0.29) is 5.56 Å². The molecule has 2 rings (SSSR count). The number of benzene rings is 1. The van der Waals surface area contributed by atoms with Gasteiger partial charge < -0.3 is 5.32 Å². The van der Waals surface area contributed by atoms with Crippen LogP contribution in [-0.4, -0.2) is 17.5 Å². The molecule has 0 amide bonds. The Morgan fingerprint density at radius 3 is 3.06 bits per heavy atom. The van der Waals surface area contributed by atoms with Gasteiger partial charge in [-0.25, -0.2) is 4.39 Å². The smallest absolute Gasteiger partial charge is 0.143 e. The van der Waals surface area contributed by atoms with E-state index >= 15 is 0 Å². The molecule has 1 atom stereocenters. The van der Waals surface area contributed by atoms with Crippen molar-refractivity contribution in [2.24, 2.45) is 0 Å². The molecular weight excluding hydrogens is 223 g/mol. The molecule has 4 heteroatoms. The number of hydrogen-bond donors (Lipinski definition) is 1. The van der Waals surface area contributed by atoms with Crippen LogP contribution in [0.15, 0.2) is 18.2 Å². The number of thioether (sulfide) groups is 1. The zero-order chi connectivity index (χ0) is 11.4. The quantitative estimate of drug-likeness (QED) is 0.857. The average Bonchev–Trinajstić information content (AvgIpc) is 2.31. The number of halogens is 1. The molecule has 1 aliphatic heterocycles. The summed E-state index contributed by atoms with van der Waals surface area (Å²) < 4.78 is 13.3. The van der Waals surface area contributed by atoms with Gasteiger partial charge in [0.05, 0.1) is 5.69 Å². The first kappa shape index (κ1) is 11.3. The van der Waals surface area contributed by atoms with Crippen LogP contribution in [0, 0.1) is 17.1 Å². The van der Waals surface area contributed by atoms with Crippen LogP contribution in [0.25, 0.3) is 0 Å². The third-order valence-corrected chi connectivity index (χ3v) is 3.86. The molecule has 1 aliphatic rings. The Bertz CT molecular complexity index is 408. The van der Waals surface area contributed by atoms with Crippen LogP contribution < -0.4 is 5.32 Å². The molecule has 1 fully saturated rings. The van der Waals surface area contributed by atoms with Gasteiger partial charge in [-0.1, -0.05) is 6.07 Å². The standard InChI is InChI=1S/C12H13FN2S/c13-11-4-1-5-12(10(11)7-14)15-9-3-2-6-16-8-9/h1,4-5,9,15H,2-3,6,8H2. The monoisotopic (exact) mass is 236 g/mol. The van der Waals surface area contributed by atoms with E-state index < -0.39 is 5.82 Å². The van der Waals surface area contributed by atoms with Gasteiger partial charge in [0.15, 0.2) is 0 Å². The molecule has 0 aliphatic carbocycles. The molecule has 0 radical (unpaired) electrons. The molecule has 1 N–H and O–H groups in total. The number of nitrogens with zero attached hydrogens (tertiary/aromatic N) is 1. The first-order valence-corrected chi connectivity index (χ1v) is 6.49. The molecule has 2 nitrogen and oxygen atoms in total. The largest absolute Gasteiger partial charge is 0.380 e. The molecule has 0 bridgehead atoms. The Hall–Kier alpha value is -1.21. The molecular formula is C12H13FN2S. The second-order valence-corrected chi connectivity index (χ2v) is 4.98. The van der Waals surface area contributed by atoms with Crippen molar-refractivity contribution in [3.05, 3.63) is 29.6 Å². The van der Waals surface area contributed by atoms with Gasteiger partial charge >= 0.3 is 0 Å².